The van der Waals surface area contributed by atoms with E-state index in [2.05, 4.69) is 17.6 Å². The molecule has 0 spiro atoms. The first-order valence-corrected chi connectivity index (χ1v) is 9.58. The first-order chi connectivity index (χ1) is 12.6. The summed E-state index contributed by atoms with van der Waals surface area (Å²) >= 11 is 0. The summed E-state index contributed by atoms with van der Waals surface area (Å²) in [6.07, 6.45) is 4.67. The molecule has 2 fully saturated rings. The summed E-state index contributed by atoms with van der Waals surface area (Å²) in [6, 6.07) is 7.69. The van der Waals surface area contributed by atoms with Crippen LogP contribution >= 0.6 is 0 Å². The number of piperidine rings is 1. The van der Waals surface area contributed by atoms with E-state index in [1.54, 1.807) is 7.11 Å². The largest absolute Gasteiger partial charge is 0.497 e. The van der Waals surface area contributed by atoms with E-state index in [-0.39, 0.29) is 11.9 Å². The zero-order valence-corrected chi connectivity index (χ0v) is 15.7. The summed E-state index contributed by atoms with van der Waals surface area (Å²) in [5, 5.41) is 6.03. The summed E-state index contributed by atoms with van der Waals surface area (Å²) in [7, 11) is 1.61. The van der Waals surface area contributed by atoms with Gasteiger partial charge in [-0.25, -0.2) is 4.79 Å². The van der Waals surface area contributed by atoms with Crippen molar-refractivity contribution in [3.63, 3.8) is 0 Å². The number of urea groups is 1. The predicted molar refractivity (Wildman–Crippen MR) is 101 cm³/mol. The smallest absolute Gasteiger partial charge is 0.321 e. The molecule has 1 aromatic carbocycles. The fraction of sp³-hybridized carbons (Fsp3) is 0.600. The quantitative estimate of drug-likeness (QED) is 0.819. The lowest BCUT2D eigenvalue weighted by Gasteiger charge is -2.38. The molecule has 142 valence electrons. The Morgan fingerprint density at radius 1 is 1.23 bits per heavy atom. The molecule has 1 aliphatic heterocycles. The van der Waals surface area contributed by atoms with Gasteiger partial charge in [0, 0.05) is 37.3 Å². The van der Waals surface area contributed by atoms with Crippen LogP contribution in [-0.4, -0.2) is 43.1 Å². The van der Waals surface area contributed by atoms with Gasteiger partial charge in [-0.15, -0.1) is 0 Å². The predicted octanol–water partition coefficient (Wildman–Crippen LogP) is 3.24. The molecule has 1 saturated carbocycles. The van der Waals surface area contributed by atoms with Gasteiger partial charge in [0.2, 0.25) is 5.91 Å². The van der Waals surface area contributed by atoms with Gasteiger partial charge >= 0.3 is 6.03 Å². The Morgan fingerprint density at radius 2 is 2.04 bits per heavy atom. The number of likely N-dealkylation sites (tertiary alicyclic amines) is 1. The number of nitrogens with one attached hydrogen (secondary N) is 2. The minimum absolute atomic E-state index is 0.0856. The van der Waals surface area contributed by atoms with Crippen LogP contribution in [-0.2, 0) is 4.79 Å². The summed E-state index contributed by atoms with van der Waals surface area (Å²) in [6.45, 7) is 3.53. The van der Waals surface area contributed by atoms with Crippen LogP contribution in [0, 0.1) is 11.8 Å². The number of rotatable bonds is 6. The molecule has 1 heterocycles. The third kappa shape index (κ3) is 4.90. The van der Waals surface area contributed by atoms with Gasteiger partial charge in [-0.1, -0.05) is 19.4 Å². The molecule has 2 atom stereocenters. The number of carbonyl (C=O) groups is 2. The van der Waals surface area contributed by atoms with E-state index in [0.29, 0.717) is 37.4 Å². The van der Waals surface area contributed by atoms with Crippen molar-refractivity contribution < 1.29 is 14.3 Å². The van der Waals surface area contributed by atoms with Crippen LogP contribution in [0.5, 0.6) is 5.75 Å². The third-order valence-electron chi connectivity index (χ3n) is 5.41. The second kappa shape index (κ2) is 8.43. The molecule has 1 aromatic rings. The number of carbonyl (C=O) groups excluding carboxylic acids is 2. The maximum absolute atomic E-state index is 12.6. The van der Waals surface area contributed by atoms with E-state index >= 15 is 0 Å². The Kier molecular flexibility index (Phi) is 6.01. The molecule has 6 nitrogen and oxygen atoms in total. The maximum atomic E-state index is 12.6. The monoisotopic (exact) mass is 359 g/mol. The molecule has 2 N–H and O–H groups in total. The molecule has 1 saturated heterocycles. The van der Waals surface area contributed by atoms with Gasteiger partial charge in [-0.2, -0.15) is 0 Å². The maximum Gasteiger partial charge on any atom is 0.321 e. The van der Waals surface area contributed by atoms with Crippen molar-refractivity contribution in [2.24, 2.45) is 11.8 Å². The zero-order valence-electron chi connectivity index (χ0n) is 15.7. The Balaban J connectivity index is 1.53. The molecule has 0 radical (unpaired) electrons. The lowest BCUT2D eigenvalue weighted by molar-refractivity contribution is -0.123. The van der Waals surface area contributed by atoms with Gasteiger partial charge < -0.3 is 20.3 Å². The fourth-order valence-electron chi connectivity index (χ4n) is 3.65. The topological polar surface area (TPSA) is 70.7 Å². The second-order valence-corrected chi connectivity index (χ2v) is 7.37. The Hall–Kier alpha value is -2.24. The van der Waals surface area contributed by atoms with Crippen LogP contribution in [0.15, 0.2) is 24.3 Å². The van der Waals surface area contributed by atoms with Gasteiger partial charge in [-0.3, -0.25) is 4.79 Å². The minimum Gasteiger partial charge on any atom is -0.497 e. The number of ether oxygens (including phenoxy) is 1. The summed E-state index contributed by atoms with van der Waals surface area (Å²) < 4.78 is 5.20. The summed E-state index contributed by atoms with van der Waals surface area (Å²) in [5.74, 6) is 1.62. The van der Waals surface area contributed by atoms with Gasteiger partial charge in [-0.05, 0) is 43.2 Å². The van der Waals surface area contributed by atoms with Crippen molar-refractivity contribution in [2.75, 3.05) is 25.5 Å². The Morgan fingerprint density at radius 3 is 2.73 bits per heavy atom. The van der Waals surface area contributed by atoms with Crippen LogP contribution in [0.4, 0.5) is 10.5 Å². The van der Waals surface area contributed by atoms with Crippen molar-refractivity contribution in [3.8, 4) is 5.75 Å². The number of anilines is 1. The highest BCUT2D eigenvalue weighted by Crippen LogP contribution is 2.30. The number of benzene rings is 1. The van der Waals surface area contributed by atoms with E-state index in [9.17, 15) is 9.59 Å². The van der Waals surface area contributed by atoms with Crippen molar-refractivity contribution >= 4 is 17.6 Å². The molecule has 3 amide bonds. The van der Waals surface area contributed by atoms with Crippen molar-refractivity contribution in [2.45, 2.75) is 45.1 Å². The molecule has 2 aliphatic rings. The SMILES string of the molecule is CC[C@H]1CN(C(=O)Nc2cccc(OC)c2)CC[C@H]1CC(=O)NC1CC1. The molecule has 26 heavy (non-hydrogen) atoms. The molecular weight excluding hydrogens is 330 g/mol. The van der Waals surface area contributed by atoms with Crippen LogP contribution in [0.3, 0.4) is 0 Å². The fourth-order valence-corrected chi connectivity index (χ4v) is 3.65. The van der Waals surface area contributed by atoms with Gasteiger partial charge in [0.1, 0.15) is 5.75 Å². The highest BCUT2D eigenvalue weighted by molar-refractivity contribution is 5.89. The minimum atomic E-state index is -0.0856. The average molecular weight is 359 g/mol. The van der Waals surface area contributed by atoms with Crippen LogP contribution < -0.4 is 15.4 Å². The first kappa shape index (κ1) is 18.5. The van der Waals surface area contributed by atoms with Gasteiger partial charge in [0.05, 0.1) is 7.11 Å². The van der Waals surface area contributed by atoms with Crippen molar-refractivity contribution in [1.29, 1.82) is 0 Å². The van der Waals surface area contributed by atoms with Crippen molar-refractivity contribution in [3.05, 3.63) is 24.3 Å². The van der Waals surface area contributed by atoms with E-state index in [4.69, 9.17) is 4.74 Å². The van der Waals surface area contributed by atoms with Crippen LogP contribution in [0.1, 0.15) is 39.0 Å². The number of nitrogens with zero attached hydrogens (tertiary/aromatic N) is 1. The number of amides is 3. The molecule has 0 aromatic heterocycles. The van der Waals surface area contributed by atoms with Crippen LogP contribution in [0.2, 0.25) is 0 Å². The van der Waals surface area contributed by atoms with Crippen LogP contribution in [0.25, 0.3) is 0 Å². The highest BCUT2D eigenvalue weighted by Gasteiger charge is 2.33. The highest BCUT2D eigenvalue weighted by atomic mass is 16.5. The molecule has 6 heteroatoms. The van der Waals surface area contributed by atoms with E-state index in [1.165, 1.54) is 0 Å². The lowest BCUT2D eigenvalue weighted by Crippen LogP contribution is -2.46. The lowest BCUT2D eigenvalue weighted by atomic mass is 9.81. The Bertz CT molecular complexity index is 645. The van der Waals surface area contributed by atoms with E-state index < -0.39 is 0 Å². The first-order valence-electron chi connectivity index (χ1n) is 9.58. The molecule has 3 rings (SSSR count). The average Bonchev–Trinajstić information content (AvgIpc) is 3.45. The van der Waals surface area contributed by atoms with E-state index in [0.717, 1.165) is 37.1 Å². The van der Waals surface area contributed by atoms with Gasteiger partial charge in [0.15, 0.2) is 0 Å². The molecule has 0 unspecified atom stereocenters. The molecular formula is C20H29N3O3. The Labute approximate surface area is 155 Å². The third-order valence-corrected chi connectivity index (χ3v) is 5.41. The molecule has 1 aliphatic carbocycles. The normalized spacial score (nSPS) is 22.6. The number of hydrogen-bond acceptors (Lipinski definition) is 3. The second-order valence-electron chi connectivity index (χ2n) is 7.37. The van der Waals surface area contributed by atoms with Gasteiger partial charge in [0.25, 0.3) is 0 Å². The zero-order chi connectivity index (χ0) is 18.5. The van der Waals surface area contributed by atoms with Crippen molar-refractivity contribution in [1.82, 2.24) is 10.2 Å². The molecule has 0 bridgehead atoms. The standard InChI is InChI=1S/C20H29N3O3/c1-3-14-13-23(10-9-15(14)11-19(24)21-16-7-8-16)20(25)22-17-5-4-6-18(12-17)26-2/h4-6,12,14-16H,3,7-11,13H2,1-2H3,(H,21,24)(H,22,25)/t14-,15-/m0/s1. The summed E-state index contributed by atoms with van der Waals surface area (Å²) in [5.41, 5.74) is 0.730. The summed E-state index contributed by atoms with van der Waals surface area (Å²) in [4.78, 5) is 26.6. The van der Waals surface area contributed by atoms with E-state index in [1.807, 2.05) is 29.2 Å². The number of methoxy groups -OCH3 is 1. The number of hydrogen-bond donors (Lipinski definition) is 2.